The molecule has 0 aliphatic carbocycles. The minimum Gasteiger partial charge on any atom is -0.491 e. The fourth-order valence-corrected chi connectivity index (χ4v) is 1.70. The van der Waals surface area contributed by atoms with Crippen molar-refractivity contribution in [2.24, 2.45) is 0 Å². The topological polar surface area (TPSA) is 77.7 Å². The molecular weight excluding hydrogens is 250 g/mol. The highest BCUT2D eigenvalue weighted by atomic mass is 16.6. The Hall–Kier alpha value is -2.05. The molecule has 0 spiro atoms. The zero-order valence-corrected chi connectivity index (χ0v) is 11.3. The number of amides is 1. The summed E-state index contributed by atoms with van der Waals surface area (Å²) in [5.74, 6) is 1.71. The lowest BCUT2D eigenvalue weighted by Gasteiger charge is -2.23. The Kier molecular flexibility index (Phi) is 4.03. The lowest BCUT2D eigenvalue weighted by atomic mass is 10.3. The van der Waals surface area contributed by atoms with E-state index < -0.39 is 0 Å². The van der Waals surface area contributed by atoms with Crippen molar-refractivity contribution in [1.29, 1.82) is 0 Å². The van der Waals surface area contributed by atoms with Crippen molar-refractivity contribution in [3.8, 4) is 0 Å². The number of nitrogens with zero attached hydrogens (tertiary/aromatic N) is 3. The molecule has 0 radical (unpaired) electrons. The second kappa shape index (κ2) is 5.73. The van der Waals surface area contributed by atoms with E-state index in [1.54, 1.807) is 25.8 Å². The molecule has 19 heavy (non-hydrogen) atoms. The van der Waals surface area contributed by atoms with Gasteiger partial charge in [-0.15, -0.1) is 0 Å². The molecule has 2 heterocycles. The van der Waals surface area contributed by atoms with Crippen molar-refractivity contribution in [3.63, 3.8) is 0 Å². The van der Waals surface area contributed by atoms with Gasteiger partial charge in [0.1, 0.15) is 19.0 Å². The maximum atomic E-state index is 12.1. The zero-order valence-electron chi connectivity index (χ0n) is 11.3. The fraction of sp³-hybridized carbons (Fsp3) is 0.583. The molecule has 7 nitrogen and oxygen atoms in total. The van der Waals surface area contributed by atoms with Crippen LogP contribution in [0.15, 0.2) is 16.0 Å². The minimum atomic E-state index is -0.197. The molecule has 7 heteroatoms. The molecule has 1 aromatic heterocycles. The largest absolute Gasteiger partial charge is 0.491 e. The van der Waals surface area contributed by atoms with Gasteiger partial charge in [-0.05, 0) is 6.92 Å². The average molecular weight is 267 g/mol. The first-order valence-corrected chi connectivity index (χ1v) is 6.09. The molecular formula is C12H17N3O4. The van der Waals surface area contributed by atoms with Crippen molar-refractivity contribution >= 4 is 5.91 Å². The molecule has 1 aliphatic rings. The Labute approximate surface area is 111 Å². The van der Waals surface area contributed by atoms with Crippen molar-refractivity contribution in [2.45, 2.75) is 20.3 Å². The summed E-state index contributed by atoms with van der Waals surface area (Å²) in [5, 5.41) is 3.78. The molecule has 1 amide bonds. The Morgan fingerprint density at radius 1 is 1.32 bits per heavy atom. The Balaban J connectivity index is 1.92. The summed E-state index contributed by atoms with van der Waals surface area (Å²) < 4.78 is 15.5. The first kappa shape index (κ1) is 13.4. The molecule has 1 aliphatic heterocycles. The monoisotopic (exact) mass is 267 g/mol. The number of carbonyl (C=O) groups is 1. The molecule has 0 aromatic carbocycles. The molecule has 0 saturated carbocycles. The molecule has 1 aromatic rings. The van der Waals surface area contributed by atoms with Gasteiger partial charge in [-0.2, -0.15) is 4.98 Å². The third-order valence-electron chi connectivity index (χ3n) is 2.75. The SMILES string of the molecule is CC1=C(C(=O)N(C)CCc2noc(C)n2)OCCO1. The quantitative estimate of drug-likeness (QED) is 0.797. The van der Waals surface area contributed by atoms with Crippen LogP contribution >= 0.6 is 0 Å². The summed E-state index contributed by atoms with van der Waals surface area (Å²) in [4.78, 5) is 17.8. The molecule has 2 rings (SSSR count). The van der Waals surface area contributed by atoms with E-state index in [1.165, 1.54) is 0 Å². The van der Waals surface area contributed by atoms with Gasteiger partial charge < -0.3 is 18.9 Å². The van der Waals surface area contributed by atoms with Crippen LogP contribution in [0.5, 0.6) is 0 Å². The van der Waals surface area contributed by atoms with E-state index in [2.05, 4.69) is 10.1 Å². The van der Waals surface area contributed by atoms with Crippen LogP contribution in [0.4, 0.5) is 0 Å². The molecule has 104 valence electrons. The smallest absolute Gasteiger partial charge is 0.292 e. The number of aryl methyl sites for hydroxylation is 1. The predicted molar refractivity (Wildman–Crippen MR) is 65.0 cm³/mol. The van der Waals surface area contributed by atoms with E-state index in [1.807, 2.05) is 0 Å². The Morgan fingerprint density at radius 2 is 2.05 bits per heavy atom. The molecule has 0 N–H and O–H groups in total. The van der Waals surface area contributed by atoms with Crippen molar-refractivity contribution in [3.05, 3.63) is 23.2 Å². The van der Waals surface area contributed by atoms with Crippen LogP contribution in [0.3, 0.4) is 0 Å². The zero-order chi connectivity index (χ0) is 13.8. The van der Waals surface area contributed by atoms with Gasteiger partial charge in [0.15, 0.2) is 5.82 Å². The van der Waals surface area contributed by atoms with E-state index in [4.69, 9.17) is 14.0 Å². The van der Waals surface area contributed by atoms with E-state index in [9.17, 15) is 4.79 Å². The van der Waals surface area contributed by atoms with Gasteiger partial charge in [-0.3, -0.25) is 4.79 Å². The lowest BCUT2D eigenvalue weighted by molar-refractivity contribution is -0.131. The summed E-state index contributed by atoms with van der Waals surface area (Å²) >= 11 is 0. The second-order valence-corrected chi connectivity index (χ2v) is 4.29. The lowest BCUT2D eigenvalue weighted by Crippen LogP contribution is -2.33. The van der Waals surface area contributed by atoms with Gasteiger partial charge in [-0.25, -0.2) is 0 Å². The number of hydrogen-bond acceptors (Lipinski definition) is 6. The number of ether oxygens (including phenoxy) is 2. The summed E-state index contributed by atoms with van der Waals surface area (Å²) in [6.45, 7) is 4.82. The van der Waals surface area contributed by atoms with Gasteiger partial charge in [0.2, 0.25) is 11.6 Å². The third kappa shape index (κ3) is 3.24. The standard InChI is InChI=1S/C12H17N3O4/c1-8-11(18-7-6-17-8)12(16)15(3)5-4-10-13-9(2)19-14-10/h4-7H2,1-3H3. The number of allylic oxidation sites excluding steroid dienone is 1. The molecule has 0 unspecified atom stereocenters. The molecule has 0 saturated heterocycles. The average Bonchev–Trinajstić information content (AvgIpc) is 2.81. The van der Waals surface area contributed by atoms with Crippen molar-refractivity contribution < 1.29 is 18.8 Å². The number of rotatable bonds is 4. The van der Waals surface area contributed by atoms with Crippen molar-refractivity contribution in [1.82, 2.24) is 15.0 Å². The minimum absolute atomic E-state index is 0.197. The third-order valence-corrected chi connectivity index (χ3v) is 2.75. The predicted octanol–water partition coefficient (Wildman–Crippen LogP) is 0.657. The Morgan fingerprint density at radius 3 is 2.68 bits per heavy atom. The molecule has 0 bridgehead atoms. The van der Waals surface area contributed by atoms with Crippen LogP contribution in [-0.2, 0) is 20.7 Å². The summed E-state index contributed by atoms with van der Waals surface area (Å²) in [6.07, 6.45) is 0.534. The highest BCUT2D eigenvalue weighted by molar-refractivity contribution is 5.91. The fourth-order valence-electron chi connectivity index (χ4n) is 1.70. The van der Waals surface area contributed by atoms with Gasteiger partial charge >= 0.3 is 0 Å². The van der Waals surface area contributed by atoms with Crippen LogP contribution < -0.4 is 0 Å². The molecule has 0 atom stereocenters. The highest BCUT2D eigenvalue weighted by Gasteiger charge is 2.23. The number of carbonyl (C=O) groups excluding carboxylic acids is 1. The van der Waals surface area contributed by atoms with Crippen LogP contribution in [0.25, 0.3) is 0 Å². The van der Waals surface area contributed by atoms with Gasteiger partial charge in [0.25, 0.3) is 5.91 Å². The van der Waals surface area contributed by atoms with Crippen LogP contribution in [0, 0.1) is 6.92 Å². The van der Waals surface area contributed by atoms with Crippen LogP contribution in [-0.4, -0.2) is 47.8 Å². The molecule has 0 fully saturated rings. The van der Waals surface area contributed by atoms with E-state index in [-0.39, 0.29) is 11.7 Å². The maximum absolute atomic E-state index is 12.1. The van der Waals surface area contributed by atoms with Crippen LogP contribution in [0.1, 0.15) is 18.6 Å². The normalized spacial score (nSPS) is 14.9. The van der Waals surface area contributed by atoms with Crippen molar-refractivity contribution in [2.75, 3.05) is 26.8 Å². The first-order valence-electron chi connectivity index (χ1n) is 6.09. The van der Waals surface area contributed by atoms with E-state index in [0.29, 0.717) is 43.7 Å². The summed E-state index contributed by atoms with van der Waals surface area (Å²) in [7, 11) is 1.70. The van der Waals surface area contributed by atoms with E-state index in [0.717, 1.165) is 0 Å². The van der Waals surface area contributed by atoms with Gasteiger partial charge in [-0.1, -0.05) is 5.16 Å². The number of aromatic nitrogens is 2. The second-order valence-electron chi connectivity index (χ2n) is 4.29. The first-order chi connectivity index (χ1) is 9.08. The maximum Gasteiger partial charge on any atom is 0.292 e. The Bertz CT molecular complexity index is 495. The van der Waals surface area contributed by atoms with E-state index >= 15 is 0 Å². The number of hydrogen-bond donors (Lipinski definition) is 0. The highest BCUT2D eigenvalue weighted by Crippen LogP contribution is 2.15. The summed E-state index contributed by atoms with van der Waals surface area (Å²) in [5.41, 5.74) is 0. The van der Waals surface area contributed by atoms with Gasteiger partial charge in [0, 0.05) is 26.9 Å². The summed E-state index contributed by atoms with van der Waals surface area (Å²) in [6, 6.07) is 0. The van der Waals surface area contributed by atoms with Gasteiger partial charge in [0.05, 0.1) is 0 Å². The van der Waals surface area contributed by atoms with Crippen LogP contribution in [0.2, 0.25) is 0 Å². The number of likely N-dealkylation sites (N-methyl/N-ethyl adjacent to an activating group) is 1.